The summed E-state index contributed by atoms with van der Waals surface area (Å²) in [6.07, 6.45) is 0. The zero-order valence-electron chi connectivity index (χ0n) is 13.3. The SMILES string of the molecule is COCCN(CCNS(=O)(=O)c1ccc(OC)c(Cl)c1)C(C)=O. The van der Waals surface area contributed by atoms with Gasteiger partial charge in [0.25, 0.3) is 0 Å². The van der Waals surface area contributed by atoms with E-state index in [2.05, 4.69) is 4.72 Å². The summed E-state index contributed by atoms with van der Waals surface area (Å²) in [7, 11) is -0.724. The standard InChI is InChI=1S/C14H21ClN2O5S/c1-11(18)17(8-9-21-2)7-6-16-23(19,20)12-4-5-14(22-3)13(15)10-12/h4-5,10,16H,6-9H2,1-3H3. The predicted molar refractivity (Wildman–Crippen MR) is 87.3 cm³/mol. The number of amides is 1. The molecule has 1 N–H and O–H groups in total. The molecule has 0 aromatic heterocycles. The zero-order chi connectivity index (χ0) is 17.5. The third kappa shape index (κ3) is 5.98. The maximum atomic E-state index is 12.2. The van der Waals surface area contributed by atoms with Gasteiger partial charge in [0, 0.05) is 33.7 Å². The van der Waals surface area contributed by atoms with E-state index >= 15 is 0 Å². The van der Waals surface area contributed by atoms with Crippen LogP contribution in [0.1, 0.15) is 6.92 Å². The van der Waals surface area contributed by atoms with Crippen molar-refractivity contribution in [1.82, 2.24) is 9.62 Å². The Morgan fingerprint density at radius 1 is 1.30 bits per heavy atom. The smallest absolute Gasteiger partial charge is 0.240 e. The van der Waals surface area contributed by atoms with Gasteiger partial charge in [0.15, 0.2) is 0 Å². The van der Waals surface area contributed by atoms with Crippen LogP contribution >= 0.6 is 11.6 Å². The Morgan fingerprint density at radius 3 is 2.52 bits per heavy atom. The average Bonchev–Trinajstić information content (AvgIpc) is 2.50. The van der Waals surface area contributed by atoms with Crippen LogP contribution in [0.15, 0.2) is 23.1 Å². The summed E-state index contributed by atoms with van der Waals surface area (Å²) in [5.41, 5.74) is 0. The summed E-state index contributed by atoms with van der Waals surface area (Å²) in [4.78, 5) is 13.0. The van der Waals surface area contributed by atoms with Crippen molar-refractivity contribution in [2.45, 2.75) is 11.8 Å². The van der Waals surface area contributed by atoms with Gasteiger partial charge in [-0.05, 0) is 18.2 Å². The molecule has 0 aliphatic rings. The lowest BCUT2D eigenvalue weighted by Crippen LogP contribution is -2.39. The molecule has 0 aliphatic carbocycles. The van der Waals surface area contributed by atoms with Crippen LogP contribution in [0.2, 0.25) is 5.02 Å². The lowest BCUT2D eigenvalue weighted by molar-refractivity contribution is -0.129. The number of carbonyl (C=O) groups excluding carboxylic acids is 1. The monoisotopic (exact) mass is 364 g/mol. The van der Waals surface area contributed by atoms with Crippen LogP contribution in [0.3, 0.4) is 0 Å². The number of methoxy groups -OCH3 is 2. The zero-order valence-corrected chi connectivity index (χ0v) is 14.9. The van der Waals surface area contributed by atoms with E-state index in [1.54, 1.807) is 0 Å². The van der Waals surface area contributed by atoms with E-state index in [1.807, 2.05) is 0 Å². The predicted octanol–water partition coefficient (Wildman–Crippen LogP) is 1.12. The molecule has 0 radical (unpaired) electrons. The molecule has 0 fully saturated rings. The largest absolute Gasteiger partial charge is 0.495 e. The molecule has 1 aromatic rings. The second-order valence-corrected chi connectivity index (χ2v) is 6.87. The quantitative estimate of drug-likeness (QED) is 0.709. The molecule has 9 heteroatoms. The van der Waals surface area contributed by atoms with Gasteiger partial charge in [-0.3, -0.25) is 4.79 Å². The summed E-state index contributed by atoms with van der Waals surface area (Å²) < 4.78 is 36.8. The van der Waals surface area contributed by atoms with Crippen LogP contribution in [0, 0.1) is 0 Å². The lowest BCUT2D eigenvalue weighted by atomic mass is 10.3. The molecule has 23 heavy (non-hydrogen) atoms. The highest BCUT2D eigenvalue weighted by atomic mass is 35.5. The molecular formula is C14H21ClN2O5S. The molecule has 0 atom stereocenters. The molecular weight excluding hydrogens is 344 g/mol. The number of benzene rings is 1. The minimum atomic E-state index is -3.71. The van der Waals surface area contributed by atoms with E-state index in [0.29, 0.717) is 18.9 Å². The number of nitrogens with zero attached hydrogens (tertiary/aromatic N) is 1. The summed E-state index contributed by atoms with van der Waals surface area (Å²) in [5.74, 6) is 0.252. The number of sulfonamides is 1. The number of hydrogen-bond acceptors (Lipinski definition) is 5. The maximum Gasteiger partial charge on any atom is 0.240 e. The van der Waals surface area contributed by atoms with Crippen LogP contribution in [-0.2, 0) is 19.6 Å². The van der Waals surface area contributed by atoms with E-state index in [0.717, 1.165) is 0 Å². The highest BCUT2D eigenvalue weighted by molar-refractivity contribution is 7.89. The number of nitrogens with one attached hydrogen (secondary N) is 1. The van der Waals surface area contributed by atoms with Gasteiger partial charge < -0.3 is 14.4 Å². The van der Waals surface area contributed by atoms with Crippen molar-refractivity contribution in [3.8, 4) is 5.75 Å². The van der Waals surface area contributed by atoms with Gasteiger partial charge in [-0.1, -0.05) is 11.6 Å². The van der Waals surface area contributed by atoms with Gasteiger partial charge in [0.05, 0.1) is 23.6 Å². The van der Waals surface area contributed by atoms with Gasteiger partial charge >= 0.3 is 0 Å². The van der Waals surface area contributed by atoms with Crippen LogP contribution in [0.25, 0.3) is 0 Å². The highest BCUT2D eigenvalue weighted by Gasteiger charge is 2.16. The van der Waals surface area contributed by atoms with Gasteiger partial charge in [0.1, 0.15) is 5.75 Å². The highest BCUT2D eigenvalue weighted by Crippen LogP contribution is 2.26. The van der Waals surface area contributed by atoms with Crippen molar-refractivity contribution in [2.24, 2.45) is 0 Å². The first kappa shape index (κ1) is 19.7. The van der Waals surface area contributed by atoms with Gasteiger partial charge in [-0.15, -0.1) is 0 Å². The van der Waals surface area contributed by atoms with E-state index < -0.39 is 10.0 Å². The van der Waals surface area contributed by atoms with Crippen molar-refractivity contribution in [3.63, 3.8) is 0 Å². The Labute approximate surface area is 141 Å². The average molecular weight is 365 g/mol. The fraction of sp³-hybridized carbons (Fsp3) is 0.500. The molecule has 0 heterocycles. The molecule has 1 amide bonds. The normalized spacial score (nSPS) is 11.3. The van der Waals surface area contributed by atoms with E-state index in [-0.39, 0.29) is 28.9 Å². The molecule has 0 unspecified atom stereocenters. The van der Waals surface area contributed by atoms with Crippen LogP contribution in [-0.4, -0.2) is 59.7 Å². The van der Waals surface area contributed by atoms with Crippen molar-refractivity contribution < 1.29 is 22.7 Å². The topological polar surface area (TPSA) is 84.9 Å². The molecule has 130 valence electrons. The Bertz CT molecular complexity index is 636. The molecule has 0 aliphatic heterocycles. The fourth-order valence-corrected chi connectivity index (χ4v) is 3.21. The maximum absolute atomic E-state index is 12.2. The molecule has 0 saturated heterocycles. The second-order valence-electron chi connectivity index (χ2n) is 4.69. The summed E-state index contributed by atoms with van der Waals surface area (Å²) in [6, 6.07) is 4.20. The van der Waals surface area contributed by atoms with E-state index in [1.165, 1.54) is 44.2 Å². The van der Waals surface area contributed by atoms with Crippen LogP contribution in [0.5, 0.6) is 5.75 Å². The fourth-order valence-electron chi connectivity index (χ4n) is 1.84. The molecule has 0 spiro atoms. The number of rotatable bonds is 9. The first-order chi connectivity index (χ1) is 10.8. The van der Waals surface area contributed by atoms with Crippen molar-refractivity contribution >= 4 is 27.5 Å². The van der Waals surface area contributed by atoms with Crippen molar-refractivity contribution in [1.29, 1.82) is 0 Å². The molecule has 0 saturated carbocycles. The minimum Gasteiger partial charge on any atom is -0.495 e. The number of carbonyl (C=O) groups is 1. The van der Waals surface area contributed by atoms with Gasteiger partial charge in [-0.25, -0.2) is 13.1 Å². The number of hydrogen-bond donors (Lipinski definition) is 1. The Morgan fingerprint density at radius 2 is 2.00 bits per heavy atom. The van der Waals surface area contributed by atoms with Crippen molar-refractivity contribution in [2.75, 3.05) is 40.5 Å². The molecule has 0 bridgehead atoms. The Balaban J connectivity index is 2.68. The second kappa shape index (κ2) is 9.07. The van der Waals surface area contributed by atoms with E-state index in [4.69, 9.17) is 21.1 Å². The summed E-state index contributed by atoms with van der Waals surface area (Å²) in [6.45, 7) is 2.56. The Kier molecular flexibility index (Phi) is 7.77. The minimum absolute atomic E-state index is 0.0366. The number of ether oxygens (including phenoxy) is 2. The lowest BCUT2D eigenvalue weighted by Gasteiger charge is -2.20. The third-order valence-electron chi connectivity index (χ3n) is 3.12. The van der Waals surface area contributed by atoms with Gasteiger partial charge in [0.2, 0.25) is 15.9 Å². The van der Waals surface area contributed by atoms with Crippen molar-refractivity contribution in [3.05, 3.63) is 23.2 Å². The summed E-state index contributed by atoms with van der Waals surface area (Å²) in [5, 5.41) is 0.209. The van der Waals surface area contributed by atoms with E-state index in [9.17, 15) is 13.2 Å². The summed E-state index contributed by atoms with van der Waals surface area (Å²) >= 11 is 5.93. The molecule has 1 rings (SSSR count). The van der Waals surface area contributed by atoms with Crippen LogP contribution in [0.4, 0.5) is 0 Å². The molecule has 1 aromatic carbocycles. The van der Waals surface area contributed by atoms with Crippen LogP contribution < -0.4 is 9.46 Å². The number of halogens is 1. The first-order valence-electron chi connectivity index (χ1n) is 6.89. The Hall–Kier alpha value is -1.35. The third-order valence-corrected chi connectivity index (χ3v) is 4.87. The van der Waals surface area contributed by atoms with Gasteiger partial charge in [-0.2, -0.15) is 0 Å². The first-order valence-corrected chi connectivity index (χ1v) is 8.75. The molecule has 7 nitrogen and oxygen atoms in total.